The van der Waals surface area contributed by atoms with Gasteiger partial charge in [0.25, 0.3) is 0 Å². The third-order valence-electron chi connectivity index (χ3n) is 5.11. The zero-order valence-corrected chi connectivity index (χ0v) is 19.7. The van der Waals surface area contributed by atoms with Crippen LogP contribution < -0.4 is 10.1 Å². The Bertz CT molecular complexity index is 1350. The van der Waals surface area contributed by atoms with E-state index in [4.69, 9.17) is 0 Å². The highest BCUT2D eigenvalue weighted by Gasteiger charge is 2.32. The third-order valence-corrected chi connectivity index (χ3v) is 6.86. The molecule has 184 valence electrons. The van der Waals surface area contributed by atoms with Crippen molar-refractivity contribution in [2.24, 2.45) is 0 Å². The van der Waals surface area contributed by atoms with Crippen LogP contribution in [0, 0.1) is 0 Å². The van der Waals surface area contributed by atoms with E-state index in [9.17, 15) is 31.2 Å². The van der Waals surface area contributed by atoms with Crippen molar-refractivity contribution in [2.75, 3.05) is 11.1 Å². The molecule has 0 aromatic heterocycles. The Kier molecular flexibility index (Phi) is 7.64. The third kappa shape index (κ3) is 6.69. The summed E-state index contributed by atoms with van der Waals surface area (Å²) in [5, 5.41) is 2.65. The first-order chi connectivity index (χ1) is 16.4. The van der Waals surface area contributed by atoms with Gasteiger partial charge < -0.3 is 10.1 Å². The summed E-state index contributed by atoms with van der Waals surface area (Å²) in [7, 11) is -3.35. The molecule has 0 radical (unpaired) electrons. The average molecular weight is 506 g/mol. The molecule has 1 N–H and O–H groups in total. The number of hydrogen-bond acceptors (Lipinski definition) is 5. The maximum absolute atomic E-state index is 12.8. The molecule has 1 amide bonds. The summed E-state index contributed by atoms with van der Waals surface area (Å²) in [6.45, 7) is 2.81. The molecule has 6 nitrogen and oxygen atoms in total. The summed E-state index contributed by atoms with van der Waals surface area (Å²) in [6, 6.07) is 15.7. The Labute approximate surface area is 200 Å². The Morgan fingerprint density at radius 2 is 1.60 bits per heavy atom. The molecule has 0 aliphatic carbocycles. The zero-order valence-electron chi connectivity index (χ0n) is 18.8. The van der Waals surface area contributed by atoms with Crippen molar-refractivity contribution < 1.29 is 35.9 Å². The normalized spacial score (nSPS) is 11.7. The first-order valence-corrected chi connectivity index (χ1v) is 12.2. The number of alkyl halides is 3. The highest BCUT2D eigenvalue weighted by atomic mass is 32.2. The molecule has 3 aromatic rings. The Balaban J connectivity index is 1.83. The lowest BCUT2D eigenvalue weighted by atomic mass is 9.96. The van der Waals surface area contributed by atoms with Gasteiger partial charge in [-0.1, -0.05) is 43.3 Å². The van der Waals surface area contributed by atoms with Crippen LogP contribution in [-0.4, -0.2) is 32.2 Å². The van der Waals surface area contributed by atoms with Gasteiger partial charge in [-0.15, -0.1) is 13.2 Å². The van der Waals surface area contributed by atoms with Crippen molar-refractivity contribution >= 4 is 27.2 Å². The largest absolute Gasteiger partial charge is 0.573 e. The smallest absolute Gasteiger partial charge is 0.405 e. The zero-order chi connectivity index (χ0) is 25.8. The van der Waals surface area contributed by atoms with Gasteiger partial charge in [-0.3, -0.25) is 9.59 Å². The minimum atomic E-state index is -4.90. The van der Waals surface area contributed by atoms with Gasteiger partial charge in [0.2, 0.25) is 5.91 Å². The molecule has 3 aromatic carbocycles. The second-order valence-corrected chi connectivity index (χ2v) is 9.91. The molecule has 0 aliphatic heterocycles. The van der Waals surface area contributed by atoms with Crippen LogP contribution in [0.4, 0.5) is 18.9 Å². The van der Waals surface area contributed by atoms with Crippen LogP contribution in [0.5, 0.6) is 5.75 Å². The molecular weight excluding hydrogens is 483 g/mol. The average Bonchev–Trinajstić information content (AvgIpc) is 2.79. The number of nitrogens with one attached hydrogen (secondary N) is 1. The second kappa shape index (κ2) is 10.3. The van der Waals surface area contributed by atoms with Gasteiger partial charge in [0.1, 0.15) is 5.75 Å². The predicted molar refractivity (Wildman–Crippen MR) is 125 cm³/mol. The summed E-state index contributed by atoms with van der Waals surface area (Å²) < 4.78 is 66.4. The summed E-state index contributed by atoms with van der Waals surface area (Å²) in [5.74, 6) is -1.31. The van der Waals surface area contributed by atoms with E-state index in [1.807, 2.05) is 0 Å². The van der Waals surface area contributed by atoms with Crippen LogP contribution >= 0.6 is 0 Å². The first-order valence-electron chi connectivity index (χ1n) is 10.5. The molecule has 0 saturated heterocycles. The molecule has 0 spiro atoms. The van der Waals surface area contributed by atoms with Crippen molar-refractivity contribution in [3.63, 3.8) is 0 Å². The van der Waals surface area contributed by atoms with Gasteiger partial charge >= 0.3 is 6.36 Å². The van der Waals surface area contributed by atoms with E-state index in [0.29, 0.717) is 5.56 Å². The standard InChI is InChI=1S/C25H22F3NO5S/c1-3-35(32,33)19-11-8-17(9-12-19)14-24(31)29-18-10-13-20(22(15-18)16(2)30)21-6-4-5-7-23(21)34-25(26,27)28/h4-13,15H,3,14H2,1-2H3,(H,29,31). The first kappa shape index (κ1) is 26.0. The van der Waals surface area contributed by atoms with Gasteiger partial charge in [-0.25, -0.2) is 8.42 Å². The maximum atomic E-state index is 12.8. The number of halogens is 3. The van der Waals surface area contributed by atoms with Gasteiger partial charge in [0.05, 0.1) is 17.1 Å². The van der Waals surface area contributed by atoms with E-state index in [-0.39, 0.29) is 39.4 Å². The van der Waals surface area contributed by atoms with Gasteiger partial charge in [-0.05, 0) is 48.4 Å². The summed E-state index contributed by atoms with van der Waals surface area (Å²) in [4.78, 5) is 25.0. The molecule has 0 bridgehead atoms. The van der Waals surface area contributed by atoms with Crippen LogP contribution in [0.2, 0.25) is 0 Å². The number of hydrogen-bond donors (Lipinski definition) is 1. The summed E-state index contributed by atoms with van der Waals surface area (Å²) >= 11 is 0. The van der Waals surface area contributed by atoms with Crippen LogP contribution in [0.3, 0.4) is 0 Å². The lowest BCUT2D eigenvalue weighted by Crippen LogP contribution is -2.18. The predicted octanol–water partition coefficient (Wildman–Crippen LogP) is 5.43. The highest BCUT2D eigenvalue weighted by molar-refractivity contribution is 7.91. The molecule has 0 saturated carbocycles. The quantitative estimate of drug-likeness (QED) is 0.413. The molecule has 0 unspecified atom stereocenters. The van der Waals surface area contributed by atoms with Crippen LogP contribution in [0.15, 0.2) is 71.6 Å². The van der Waals surface area contributed by atoms with E-state index in [1.165, 1.54) is 55.5 Å². The summed E-state index contributed by atoms with van der Waals surface area (Å²) in [5.41, 5.74) is 1.27. The molecule has 0 atom stereocenters. The Morgan fingerprint density at radius 3 is 2.20 bits per heavy atom. The Hall–Kier alpha value is -3.66. The van der Waals surface area contributed by atoms with Crippen molar-refractivity contribution in [3.05, 3.63) is 77.9 Å². The maximum Gasteiger partial charge on any atom is 0.573 e. The number of sulfone groups is 1. The Morgan fingerprint density at radius 1 is 0.943 bits per heavy atom. The monoisotopic (exact) mass is 505 g/mol. The number of benzene rings is 3. The van der Waals surface area contributed by atoms with Gasteiger partial charge in [-0.2, -0.15) is 0 Å². The minimum absolute atomic E-state index is 0.0336. The van der Waals surface area contributed by atoms with E-state index in [2.05, 4.69) is 10.1 Å². The number of ether oxygens (including phenoxy) is 1. The van der Waals surface area contributed by atoms with Crippen molar-refractivity contribution in [2.45, 2.75) is 31.5 Å². The van der Waals surface area contributed by atoms with Crippen LogP contribution in [0.25, 0.3) is 11.1 Å². The lowest BCUT2D eigenvalue weighted by Gasteiger charge is -2.16. The van der Waals surface area contributed by atoms with Crippen molar-refractivity contribution in [1.82, 2.24) is 0 Å². The minimum Gasteiger partial charge on any atom is -0.405 e. The molecular formula is C25H22F3NO5S. The van der Waals surface area contributed by atoms with Crippen LogP contribution in [0.1, 0.15) is 29.8 Å². The van der Waals surface area contributed by atoms with E-state index in [0.717, 1.165) is 6.07 Å². The number of carbonyl (C=O) groups is 2. The molecule has 35 heavy (non-hydrogen) atoms. The number of rotatable bonds is 8. The van der Waals surface area contributed by atoms with E-state index < -0.39 is 33.6 Å². The molecule has 3 rings (SSSR count). The number of anilines is 1. The van der Waals surface area contributed by atoms with Crippen LogP contribution in [-0.2, 0) is 21.1 Å². The highest BCUT2D eigenvalue weighted by Crippen LogP contribution is 2.36. The fourth-order valence-corrected chi connectivity index (χ4v) is 4.31. The van der Waals surface area contributed by atoms with E-state index >= 15 is 0 Å². The fourth-order valence-electron chi connectivity index (χ4n) is 3.42. The van der Waals surface area contributed by atoms with Gasteiger partial charge in [0.15, 0.2) is 15.6 Å². The molecule has 10 heteroatoms. The summed E-state index contributed by atoms with van der Waals surface area (Å²) in [6.07, 6.45) is -4.95. The van der Waals surface area contributed by atoms with E-state index in [1.54, 1.807) is 19.1 Å². The van der Waals surface area contributed by atoms with Crippen molar-refractivity contribution in [1.29, 1.82) is 0 Å². The SMILES string of the molecule is CCS(=O)(=O)c1ccc(CC(=O)Nc2ccc(-c3ccccc3OC(F)(F)F)c(C(C)=O)c2)cc1. The second-order valence-electron chi connectivity index (χ2n) is 7.63. The fraction of sp³-hybridized carbons (Fsp3) is 0.200. The lowest BCUT2D eigenvalue weighted by molar-refractivity contribution is -0.274. The topological polar surface area (TPSA) is 89.5 Å². The molecule has 0 fully saturated rings. The number of carbonyl (C=O) groups excluding carboxylic acids is 2. The number of ketones is 1. The van der Waals surface area contributed by atoms with Gasteiger partial charge in [0, 0.05) is 16.8 Å². The molecule has 0 heterocycles. The number of Topliss-reactive ketones (excluding diaryl/α,β-unsaturated/α-hetero) is 1. The molecule has 0 aliphatic rings. The van der Waals surface area contributed by atoms with Crippen molar-refractivity contribution in [3.8, 4) is 16.9 Å². The number of para-hydroxylation sites is 1. The number of amides is 1.